The van der Waals surface area contributed by atoms with E-state index in [4.69, 9.17) is 0 Å². The van der Waals surface area contributed by atoms with Gasteiger partial charge in [-0.15, -0.1) is 0 Å². The predicted octanol–water partition coefficient (Wildman–Crippen LogP) is 4.39. The smallest absolute Gasteiger partial charge is 0.125 e. The van der Waals surface area contributed by atoms with Gasteiger partial charge in [-0.25, -0.2) is 9.37 Å². The average Bonchev–Trinajstić information content (AvgIpc) is 2.48. The van der Waals surface area contributed by atoms with Crippen molar-refractivity contribution in [3.63, 3.8) is 0 Å². The standard InChI is InChI=1S/C17H13FN2/c1-3-13-11(2)17(15-6-4-5-9-19-15)20-16-10-12(18)7-8-14(13)16/h3-10H,1H2,2H3. The lowest BCUT2D eigenvalue weighted by Gasteiger charge is -2.11. The highest BCUT2D eigenvalue weighted by molar-refractivity contribution is 5.92. The van der Waals surface area contributed by atoms with Crippen molar-refractivity contribution in [2.75, 3.05) is 0 Å². The van der Waals surface area contributed by atoms with Crippen LogP contribution in [0.2, 0.25) is 0 Å². The van der Waals surface area contributed by atoms with Gasteiger partial charge in [0.05, 0.1) is 16.9 Å². The lowest BCUT2D eigenvalue weighted by molar-refractivity contribution is 0.629. The van der Waals surface area contributed by atoms with Crippen molar-refractivity contribution in [1.29, 1.82) is 0 Å². The molecule has 0 atom stereocenters. The van der Waals surface area contributed by atoms with E-state index in [0.717, 1.165) is 27.9 Å². The van der Waals surface area contributed by atoms with Crippen molar-refractivity contribution in [3.05, 3.63) is 66.1 Å². The zero-order valence-electron chi connectivity index (χ0n) is 11.1. The largest absolute Gasteiger partial charge is 0.255 e. The Kier molecular flexibility index (Phi) is 3.03. The lowest BCUT2D eigenvalue weighted by Crippen LogP contribution is -1.96. The second-order valence-corrected chi connectivity index (χ2v) is 4.58. The summed E-state index contributed by atoms with van der Waals surface area (Å²) in [5.41, 5.74) is 4.12. The molecule has 0 saturated heterocycles. The van der Waals surface area contributed by atoms with Gasteiger partial charge in [-0.3, -0.25) is 4.98 Å². The lowest BCUT2D eigenvalue weighted by atomic mass is 10.00. The fourth-order valence-electron chi connectivity index (χ4n) is 2.37. The third-order valence-electron chi connectivity index (χ3n) is 3.35. The molecule has 0 bridgehead atoms. The quantitative estimate of drug-likeness (QED) is 0.686. The zero-order valence-corrected chi connectivity index (χ0v) is 11.1. The van der Waals surface area contributed by atoms with Gasteiger partial charge in [0.2, 0.25) is 0 Å². The highest BCUT2D eigenvalue weighted by Gasteiger charge is 2.12. The number of nitrogens with zero attached hydrogens (tertiary/aromatic N) is 2. The molecule has 0 N–H and O–H groups in total. The molecule has 0 aliphatic heterocycles. The van der Waals surface area contributed by atoms with Gasteiger partial charge in [-0.05, 0) is 42.3 Å². The van der Waals surface area contributed by atoms with Gasteiger partial charge in [-0.2, -0.15) is 0 Å². The molecule has 0 saturated carbocycles. The molecule has 3 heteroatoms. The van der Waals surface area contributed by atoms with Crippen LogP contribution >= 0.6 is 0 Å². The highest BCUT2D eigenvalue weighted by atomic mass is 19.1. The molecule has 0 aliphatic carbocycles. The SMILES string of the molecule is C=Cc1c(C)c(-c2ccccn2)nc2cc(F)ccc12. The van der Waals surface area contributed by atoms with E-state index in [9.17, 15) is 4.39 Å². The Morgan fingerprint density at radius 3 is 2.75 bits per heavy atom. The minimum absolute atomic E-state index is 0.296. The minimum Gasteiger partial charge on any atom is -0.255 e. The van der Waals surface area contributed by atoms with E-state index in [1.807, 2.05) is 25.1 Å². The summed E-state index contributed by atoms with van der Waals surface area (Å²) in [7, 11) is 0. The van der Waals surface area contributed by atoms with Gasteiger partial charge < -0.3 is 0 Å². The number of fused-ring (bicyclic) bond motifs is 1. The van der Waals surface area contributed by atoms with E-state index in [1.54, 1.807) is 18.3 Å². The van der Waals surface area contributed by atoms with E-state index in [-0.39, 0.29) is 5.82 Å². The molecule has 2 aromatic heterocycles. The summed E-state index contributed by atoms with van der Waals surface area (Å²) < 4.78 is 13.4. The molecular weight excluding hydrogens is 251 g/mol. The number of rotatable bonds is 2. The molecule has 98 valence electrons. The fourth-order valence-corrected chi connectivity index (χ4v) is 2.37. The van der Waals surface area contributed by atoms with Crippen LogP contribution in [-0.4, -0.2) is 9.97 Å². The first-order valence-corrected chi connectivity index (χ1v) is 6.34. The fraction of sp³-hybridized carbons (Fsp3) is 0.0588. The molecule has 2 nitrogen and oxygen atoms in total. The second-order valence-electron chi connectivity index (χ2n) is 4.58. The summed E-state index contributed by atoms with van der Waals surface area (Å²) >= 11 is 0. The summed E-state index contributed by atoms with van der Waals surface area (Å²) in [4.78, 5) is 8.89. The third-order valence-corrected chi connectivity index (χ3v) is 3.35. The van der Waals surface area contributed by atoms with Crippen LogP contribution in [0.1, 0.15) is 11.1 Å². The molecule has 0 aliphatic rings. The van der Waals surface area contributed by atoms with Gasteiger partial charge in [-0.1, -0.05) is 18.7 Å². The molecule has 0 radical (unpaired) electrons. The van der Waals surface area contributed by atoms with Crippen LogP contribution in [-0.2, 0) is 0 Å². The zero-order chi connectivity index (χ0) is 14.1. The summed E-state index contributed by atoms with van der Waals surface area (Å²) in [6, 6.07) is 10.3. The van der Waals surface area contributed by atoms with Crippen molar-refractivity contribution < 1.29 is 4.39 Å². The van der Waals surface area contributed by atoms with Crippen LogP contribution in [0.25, 0.3) is 28.4 Å². The molecule has 20 heavy (non-hydrogen) atoms. The molecule has 0 fully saturated rings. The predicted molar refractivity (Wildman–Crippen MR) is 79.8 cm³/mol. The monoisotopic (exact) mass is 264 g/mol. The first-order valence-electron chi connectivity index (χ1n) is 6.34. The number of hydrogen-bond donors (Lipinski definition) is 0. The maximum atomic E-state index is 13.4. The highest BCUT2D eigenvalue weighted by Crippen LogP contribution is 2.29. The summed E-state index contributed by atoms with van der Waals surface area (Å²) in [5, 5.41) is 0.901. The van der Waals surface area contributed by atoms with E-state index < -0.39 is 0 Å². The van der Waals surface area contributed by atoms with Gasteiger partial charge in [0.15, 0.2) is 0 Å². The first-order chi connectivity index (χ1) is 9.70. The number of benzene rings is 1. The molecular formula is C17H13FN2. The Labute approximate surface area is 116 Å². The van der Waals surface area contributed by atoms with E-state index in [0.29, 0.717) is 5.52 Å². The van der Waals surface area contributed by atoms with Crippen molar-refractivity contribution in [1.82, 2.24) is 9.97 Å². The van der Waals surface area contributed by atoms with Crippen molar-refractivity contribution >= 4 is 17.0 Å². The Morgan fingerprint density at radius 1 is 1.20 bits per heavy atom. The van der Waals surface area contributed by atoms with E-state index in [1.165, 1.54) is 12.1 Å². The number of pyridine rings is 2. The van der Waals surface area contributed by atoms with Crippen molar-refractivity contribution in [3.8, 4) is 11.4 Å². The number of aromatic nitrogens is 2. The van der Waals surface area contributed by atoms with E-state index in [2.05, 4.69) is 16.5 Å². The van der Waals surface area contributed by atoms with Crippen LogP contribution in [0, 0.1) is 12.7 Å². The number of halogens is 1. The van der Waals surface area contributed by atoms with E-state index >= 15 is 0 Å². The molecule has 1 aromatic carbocycles. The first kappa shape index (κ1) is 12.5. The topological polar surface area (TPSA) is 25.8 Å². The van der Waals surface area contributed by atoms with Gasteiger partial charge in [0.25, 0.3) is 0 Å². The Balaban J connectivity index is 2.39. The minimum atomic E-state index is -0.296. The maximum Gasteiger partial charge on any atom is 0.125 e. The third kappa shape index (κ3) is 1.97. The molecule has 0 spiro atoms. The molecule has 2 heterocycles. The maximum absolute atomic E-state index is 13.4. The molecule has 0 amide bonds. The van der Waals surface area contributed by atoms with Crippen LogP contribution in [0.3, 0.4) is 0 Å². The Hall–Kier alpha value is -2.55. The summed E-state index contributed by atoms with van der Waals surface area (Å²) in [6.45, 7) is 5.84. The molecule has 0 unspecified atom stereocenters. The average molecular weight is 264 g/mol. The van der Waals surface area contributed by atoms with Crippen molar-refractivity contribution in [2.24, 2.45) is 0 Å². The van der Waals surface area contributed by atoms with Gasteiger partial charge in [0.1, 0.15) is 5.82 Å². The molecule has 3 rings (SSSR count). The van der Waals surface area contributed by atoms with Gasteiger partial charge >= 0.3 is 0 Å². The van der Waals surface area contributed by atoms with Crippen LogP contribution in [0.4, 0.5) is 4.39 Å². The van der Waals surface area contributed by atoms with Crippen LogP contribution < -0.4 is 0 Å². The van der Waals surface area contributed by atoms with Crippen molar-refractivity contribution in [2.45, 2.75) is 6.92 Å². The summed E-state index contributed by atoms with van der Waals surface area (Å²) in [6.07, 6.45) is 3.50. The van der Waals surface area contributed by atoms with Crippen LogP contribution in [0.5, 0.6) is 0 Å². The second kappa shape index (κ2) is 4.85. The van der Waals surface area contributed by atoms with Crippen LogP contribution in [0.15, 0.2) is 49.2 Å². The Bertz CT molecular complexity index is 795. The normalized spacial score (nSPS) is 10.7. The molecule has 3 aromatic rings. The number of hydrogen-bond acceptors (Lipinski definition) is 2. The van der Waals surface area contributed by atoms with Gasteiger partial charge in [0, 0.05) is 17.6 Å². The Morgan fingerprint density at radius 2 is 2.05 bits per heavy atom. The summed E-state index contributed by atoms with van der Waals surface area (Å²) in [5.74, 6) is -0.296.